The highest BCUT2D eigenvalue weighted by Crippen LogP contribution is 2.03. The van der Waals surface area contributed by atoms with Gasteiger partial charge in [-0.1, -0.05) is 78.7 Å². The van der Waals surface area contributed by atoms with Gasteiger partial charge in [0.2, 0.25) is 0 Å². The highest BCUT2D eigenvalue weighted by atomic mass is 14.8. The lowest BCUT2D eigenvalue weighted by Gasteiger charge is -2.08. The minimum absolute atomic E-state index is 0. The summed E-state index contributed by atoms with van der Waals surface area (Å²) in [6.07, 6.45) is 7.11. The fraction of sp³-hybridized carbons (Fsp3) is 1.00. The molecule has 1 N–H and O–H groups in total. The zero-order valence-corrected chi connectivity index (χ0v) is 5.45. The standard InChI is InChI=1S/C7H15N.8CH4/c1-2-4-6-8-7-5-3-1;;;;;;;;/h8H,1-7H2;8*1H4. The lowest BCUT2D eigenvalue weighted by Crippen LogP contribution is -2.18. The molecule has 1 fully saturated rings. The highest BCUT2D eigenvalue weighted by molar-refractivity contribution is 4.54. The van der Waals surface area contributed by atoms with Gasteiger partial charge in [0.1, 0.15) is 0 Å². The van der Waals surface area contributed by atoms with Crippen LogP contribution in [0.4, 0.5) is 0 Å². The molecule has 0 radical (unpaired) electrons. The Bertz CT molecular complexity index is 29.4. The van der Waals surface area contributed by atoms with E-state index < -0.39 is 0 Å². The zero-order chi connectivity index (χ0) is 5.66. The summed E-state index contributed by atoms with van der Waals surface area (Å²) in [5.41, 5.74) is 0. The van der Waals surface area contributed by atoms with Crippen LogP contribution >= 0.6 is 0 Å². The minimum atomic E-state index is 0. The molecular formula is C15H47N. The largest absolute Gasteiger partial charge is 0.317 e. The van der Waals surface area contributed by atoms with Gasteiger partial charge in [-0.3, -0.25) is 0 Å². The van der Waals surface area contributed by atoms with E-state index in [1.807, 2.05) is 0 Å². The van der Waals surface area contributed by atoms with E-state index >= 15 is 0 Å². The van der Waals surface area contributed by atoms with E-state index in [2.05, 4.69) is 5.32 Å². The molecule has 1 aliphatic rings. The SMILES string of the molecule is C.C.C.C.C.C.C.C.C1CCCNCCC1. The van der Waals surface area contributed by atoms with Crippen molar-refractivity contribution < 1.29 is 0 Å². The average Bonchev–Trinajstić information content (AvgIpc) is 1.62. The first-order valence-corrected chi connectivity index (χ1v) is 3.71. The first kappa shape index (κ1) is 56.4. The van der Waals surface area contributed by atoms with Gasteiger partial charge in [0.05, 0.1) is 0 Å². The molecule has 0 bridgehead atoms. The zero-order valence-electron chi connectivity index (χ0n) is 5.45. The Morgan fingerprint density at radius 1 is 0.375 bits per heavy atom. The summed E-state index contributed by atoms with van der Waals surface area (Å²) in [6.45, 7) is 2.50. The summed E-state index contributed by atoms with van der Waals surface area (Å²) in [6, 6.07) is 0. The first-order chi connectivity index (χ1) is 4.00. The van der Waals surface area contributed by atoms with Gasteiger partial charge in [-0.05, 0) is 25.9 Å². The van der Waals surface area contributed by atoms with Crippen molar-refractivity contribution in [3.8, 4) is 0 Å². The second-order valence-electron chi connectivity index (χ2n) is 2.52. The predicted molar refractivity (Wildman–Crippen MR) is 89.8 cm³/mol. The van der Waals surface area contributed by atoms with Crippen LogP contribution in [0.3, 0.4) is 0 Å². The topological polar surface area (TPSA) is 12.0 Å². The Balaban J connectivity index is -0.0000000133. The molecule has 112 valence electrons. The molecule has 16 heavy (non-hydrogen) atoms. The third-order valence-corrected chi connectivity index (χ3v) is 1.71. The second-order valence-corrected chi connectivity index (χ2v) is 2.52. The van der Waals surface area contributed by atoms with Crippen LogP contribution in [0.25, 0.3) is 0 Å². The molecule has 1 rings (SSSR count). The quantitative estimate of drug-likeness (QED) is 0.502. The van der Waals surface area contributed by atoms with Crippen LogP contribution in [0.1, 0.15) is 91.5 Å². The third kappa shape index (κ3) is 37.0. The minimum Gasteiger partial charge on any atom is -0.317 e. The van der Waals surface area contributed by atoms with Gasteiger partial charge in [0.15, 0.2) is 0 Å². The van der Waals surface area contributed by atoms with Crippen molar-refractivity contribution in [2.75, 3.05) is 13.1 Å². The molecule has 0 saturated carbocycles. The number of hydrogen-bond donors (Lipinski definition) is 1. The molecule has 1 aliphatic heterocycles. The molecule has 1 heterocycles. The van der Waals surface area contributed by atoms with E-state index in [1.165, 1.54) is 45.2 Å². The lowest BCUT2D eigenvalue weighted by atomic mass is 10.1. The van der Waals surface area contributed by atoms with E-state index in [4.69, 9.17) is 0 Å². The Kier molecular flexibility index (Phi) is 162. The molecule has 0 amide bonds. The summed E-state index contributed by atoms with van der Waals surface area (Å²) in [5.74, 6) is 0. The van der Waals surface area contributed by atoms with Crippen LogP contribution in [0.5, 0.6) is 0 Å². The fourth-order valence-corrected chi connectivity index (χ4v) is 1.16. The second kappa shape index (κ2) is 46.0. The van der Waals surface area contributed by atoms with Crippen molar-refractivity contribution in [3.05, 3.63) is 0 Å². The molecule has 1 nitrogen and oxygen atoms in total. The molecule has 0 unspecified atom stereocenters. The fourth-order valence-electron chi connectivity index (χ4n) is 1.16. The molecule has 0 aromatic rings. The van der Waals surface area contributed by atoms with Crippen LogP contribution in [0.2, 0.25) is 0 Å². The third-order valence-electron chi connectivity index (χ3n) is 1.71. The Labute approximate surface area is 110 Å². The summed E-state index contributed by atoms with van der Waals surface area (Å²) in [5, 5.41) is 3.39. The van der Waals surface area contributed by atoms with Crippen LogP contribution in [-0.2, 0) is 0 Å². The molecule has 1 saturated heterocycles. The molecule has 0 atom stereocenters. The Hall–Kier alpha value is -0.0400. The maximum atomic E-state index is 3.39. The Morgan fingerprint density at radius 2 is 0.625 bits per heavy atom. The van der Waals surface area contributed by atoms with Crippen LogP contribution in [0, 0.1) is 0 Å². The molecule has 0 aliphatic carbocycles. The monoisotopic (exact) mass is 241 g/mol. The number of hydrogen-bond acceptors (Lipinski definition) is 1. The molecule has 0 aromatic carbocycles. The van der Waals surface area contributed by atoms with Crippen LogP contribution in [-0.4, -0.2) is 13.1 Å². The van der Waals surface area contributed by atoms with Gasteiger partial charge in [-0.15, -0.1) is 0 Å². The van der Waals surface area contributed by atoms with Crippen LogP contribution < -0.4 is 5.32 Å². The van der Waals surface area contributed by atoms with Gasteiger partial charge in [0.25, 0.3) is 0 Å². The van der Waals surface area contributed by atoms with Crippen molar-refractivity contribution in [2.45, 2.75) is 91.5 Å². The smallest absolute Gasteiger partial charge is 0.00489 e. The van der Waals surface area contributed by atoms with E-state index in [-0.39, 0.29) is 59.4 Å². The van der Waals surface area contributed by atoms with Crippen LogP contribution in [0.15, 0.2) is 0 Å². The summed E-state index contributed by atoms with van der Waals surface area (Å²) < 4.78 is 0. The van der Waals surface area contributed by atoms with Crippen molar-refractivity contribution >= 4 is 0 Å². The van der Waals surface area contributed by atoms with E-state index in [1.54, 1.807) is 0 Å². The summed E-state index contributed by atoms with van der Waals surface area (Å²) in [4.78, 5) is 0. The Morgan fingerprint density at radius 3 is 0.938 bits per heavy atom. The molecule has 0 aromatic heterocycles. The van der Waals surface area contributed by atoms with Gasteiger partial charge >= 0.3 is 0 Å². The maximum absolute atomic E-state index is 3.39. The molecular weight excluding hydrogens is 194 g/mol. The van der Waals surface area contributed by atoms with E-state index in [0.29, 0.717) is 0 Å². The predicted octanol–water partition coefficient (Wildman–Crippen LogP) is 6.63. The van der Waals surface area contributed by atoms with E-state index in [9.17, 15) is 0 Å². The van der Waals surface area contributed by atoms with Crippen molar-refractivity contribution in [3.63, 3.8) is 0 Å². The summed E-state index contributed by atoms with van der Waals surface area (Å²) in [7, 11) is 0. The van der Waals surface area contributed by atoms with Crippen molar-refractivity contribution in [1.82, 2.24) is 5.32 Å². The molecule has 0 spiro atoms. The summed E-state index contributed by atoms with van der Waals surface area (Å²) >= 11 is 0. The maximum Gasteiger partial charge on any atom is -0.00489 e. The molecule has 1 heteroatoms. The van der Waals surface area contributed by atoms with Gasteiger partial charge < -0.3 is 5.32 Å². The average molecular weight is 242 g/mol. The highest BCUT2D eigenvalue weighted by Gasteiger charge is 1.94. The number of nitrogens with one attached hydrogen (secondary N) is 1. The van der Waals surface area contributed by atoms with Gasteiger partial charge in [-0.25, -0.2) is 0 Å². The van der Waals surface area contributed by atoms with Crippen molar-refractivity contribution in [1.29, 1.82) is 0 Å². The number of rotatable bonds is 0. The van der Waals surface area contributed by atoms with Gasteiger partial charge in [0, 0.05) is 0 Å². The van der Waals surface area contributed by atoms with E-state index in [0.717, 1.165) is 0 Å². The normalized spacial score (nSPS) is 12.0. The first-order valence-electron chi connectivity index (χ1n) is 3.71. The lowest BCUT2D eigenvalue weighted by molar-refractivity contribution is 0.516. The van der Waals surface area contributed by atoms with Gasteiger partial charge in [-0.2, -0.15) is 0 Å². The van der Waals surface area contributed by atoms with Crippen molar-refractivity contribution in [2.24, 2.45) is 0 Å².